The number of nitrogen functional groups attached to an aromatic ring is 1. The highest BCUT2D eigenvalue weighted by atomic mass is 16.5. The van der Waals surface area contributed by atoms with E-state index in [1.54, 1.807) is 19.2 Å². The van der Waals surface area contributed by atoms with Crippen molar-refractivity contribution in [2.75, 3.05) is 5.73 Å². The van der Waals surface area contributed by atoms with Gasteiger partial charge >= 0.3 is 0 Å². The summed E-state index contributed by atoms with van der Waals surface area (Å²) in [5.41, 5.74) is 9.08. The van der Waals surface area contributed by atoms with Gasteiger partial charge in [-0.05, 0) is 56.7 Å². The van der Waals surface area contributed by atoms with Crippen molar-refractivity contribution in [3.63, 3.8) is 0 Å². The van der Waals surface area contributed by atoms with Gasteiger partial charge in [0.05, 0.1) is 22.9 Å². The highest BCUT2D eigenvalue weighted by molar-refractivity contribution is 6.07. The van der Waals surface area contributed by atoms with Gasteiger partial charge in [-0.25, -0.2) is 0 Å². The van der Waals surface area contributed by atoms with E-state index in [0.29, 0.717) is 17.0 Å². The Morgan fingerprint density at radius 2 is 2.14 bits per heavy atom. The lowest BCUT2D eigenvalue weighted by Crippen LogP contribution is -2.14. The molecular weight excluding hydrogens is 276 g/mol. The molecule has 0 spiro atoms. The first kappa shape index (κ1) is 14.8. The molecule has 0 bridgehead atoms. The van der Waals surface area contributed by atoms with Crippen molar-refractivity contribution >= 4 is 22.4 Å². The summed E-state index contributed by atoms with van der Waals surface area (Å²) in [4.78, 5) is 16.5. The Morgan fingerprint density at radius 3 is 2.77 bits per heavy atom. The van der Waals surface area contributed by atoms with Crippen LogP contribution in [0.25, 0.3) is 10.9 Å². The van der Waals surface area contributed by atoms with Crippen LogP contribution in [0.15, 0.2) is 18.3 Å². The maximum Gasteiger partial charge on any atom is 0.163 e. The van der Waals surface area contributed by atoms with E-state index in [1.165, 1.54) is 12.8 Å². The third kappa shape index (κ3) is 2.54. The summed E-state index contributed by atoms with van der Waals surface area (Å²) < 4.78 is 6.26. The predicted octanol–water partition coefficient (Wildman–Crippen LogP) is 3.90. The molecule has 1 saturated carbocycles. The van der Waals surface area contributed by atoms with Gasteiger partial charge in [0.2, 0.25) is 0 Å². The minimum absolute atomic E-state index is 0.0208. The van der Waals surface area contributed by atoms with Crippen LogP contribution in [0, 0.1) is 0 Å². The summed E-state index contributed by atoms with van der Waals surface area (Å²) in [6.07, 6.45) is 7.27. The Labute approximate surface area is 130 Å². The van der Waals surface area contributed by atoms with Crippen LogP contribution in [0.4, 0.5) is 5.69 Å². The van der Waals surface area contributed by atoms with Crippen LogP contribution in [0.3, 0.4) is 0 Å². The number of ketones is 1. The largest absolute Gasteiger partial charge is 0.489 e. The number of pyridine rings is 1. The molecule has 4 nitrogen and oxygen atoms in total. The standard InChI is InChI=1S/C18H22N2O2/c1-3-12-8-9-20-17-15(19)10-14(11(2)21)18(16(12)17)22-13-6-4-5-7-13/h8-10,13H,3-7,19H2,1-2H3. The molecule has 1 heterocycles. The summed E-state index contributed by atoms with van der Waals surface area (Å²) in [5, 5.41) is 0.905. The second kappa shape index (κ2) is 5.95. The van der Waals surface area contributed by atoms with E-state index in [0.717, 1.165) is 35.7 Å². The molecule has 0 atom stereocenters. The van der Waals surface area contributed by atoms with Crippen LogP contribution in [0.2, 0.25) is 0 Å². The summed E-state index contributed by atoms with van der Waals surface area (Å²) in [7, 11) is 0. The molecule has 0 saturated heterocycles. The predicted molar refractivity (Wildman–Crippen MR) is 88.4 cm³/mol. The van der Waals surface area contributed by atoms with E-state index in [-0.39, 0.29) is 11.9 Å². The SMILES string of the molecule is CCc1ccnc2c(N)cc(C(C)=O)c(OC3CCCC3)c12. The first-order chi connectivity index (χ1) is 10.6. The van der Waals surface area contributed by atoms with Crippen molar-refractivity contribution in [1.82, 2.24) is 4.98 Å². The van der Waals surface area contributed by atoms with Crippen LogP contribution < -0.4 is 10.5 Å². The number of fused-ring (bicyclic) bond motifs is 1. The number of carbonyl (C=O) groups excluding carboxylic acids is 1. The van der Waals surface area contributed by atoms with Crippen LogP contribution >= 0.6 is 0 Å². The van der Waals surface area contributed by atoms with Crippen molar-refractivity contribution in [3.8, 4) is 5.75 Å². The van der Waals surface area contributed by atoms with Crippen LogP contribution in [0.5, 0.6) is 5.75 Å². The molecule has 0 unspecified atom stereocenters. The number of hydrogen-bond acceptors (Lipinski definition) is 4. The van der Waals surface area contributed by atoms with E-state index in [4.69, 9.17) is 10.5 Å². The zero-order chi connectivity index (χ0) is 15.7. The Balaban J connectivity index is 2.25. The van der Waals surface area contributed by atoms with Gasteiger partial charge in [-0.15, -0.1) is 0 Å². The fourth-order valence-corrected chi connectivity index (χ4v) is 3.25. The summed E-state index contributed by atoms with van der Waals surface area (Å²) in [6.45, 7) is 3.65. The second-order valence-corrected chi connectivity index (χ2v) is 5.97. The fourth-order valence-electron chi connectivity index (χ4n) is 3.25. The molecule has 1 aliphatic carbocycles. The summed E-state index contributed by atoms with van der Waals surface area (Å²) >= 11 is 0. The van der Waals surface area contributed by atoms with Gasteiger partial charge in [-0.3, -0.25) is 9.78 Å². The maximum atomic E-state index is 12.1. The van der Waals surface area contributed by atoms with E-state index >= 15 is 0 Å². The molecule has 2 N–H and O–H groups in total. The molecule has 22 heavy (non-hydrogen) atoms. The molecular formula is C18H22N2O2. The lowest BCUT2D eigenvalue weighted by molar-refractivity contribution is 0.101. The van der Waals surface area contributed by atoms with Crippen molar-refractivity contribution in [3.05, 3.63) is 29.5 Å². The van der Waals surface area contributed by atoms with Crippen molar-refractivity contribution in [2.24, 2.45) is 0 Å². The number of rotatable bonds is 4. The van der Waals surface area contributed by atoms with E-state index in [2.05, 4.69) is 11.9 Å². The van der Waals surface area contributed by atoms with Gasteiger partial charge in [0.15, 0.2) is 5.78 Å². The smallest absolute Gasteiger partial charge is 0.163 e. The minimum atomic E-state index is -0.0208. The van der Waals surface area contributed by atoms with Crippen LogP contribution in [0.1, 0.15) is 55.5 Å². The third-order valence-corrected chi connectivity index (χ3v) is 4.43. The Morgan fingerprint density at radius 1 is 1.41 bits per heavy atom. The summed E-state index contributed by atoms with van der Waals surface area (Å²) in [5.74, 6) is 0.654. The summed E-state index contributed by atoms with van der Waals surface area (Å²) in [6, 6.07) is 3.69. The molecule has 1 fully saturated rings. The minimum Gasteiger partial charge on any atom is -0.489 e. The number of anilines is 1. The van der Waals surface area contributed by atoms with Gasteiger partial charge in [-0.2, -0.15) is 0 Å². The second-order valence-electron chi connectivity index (χ2n) is 5.97. The lowest BCUT2D eigenvalue weighted by atomic mass is 9.99. The van der Waals surface area contributed by atoms with Gasteiger partial charge in [-0.1, -0.05) is 6.92 Å². The fraction of sp³-hybridized carbons (Fsp3) is 0.444. The van der Waals surface area contributed by atoms with Gasteiger partial charge in [0.1, 0.15) is 5.75 Å². The molecule has 1 aliphatic rings. The van der Waals surface area contributed by atoms with E-state index in [1.807, 2.05) is 6.07 Å². The number of nitrogens with two attached hydrogens (primary N) is 1. The first-order valence-electron chi connectivity index (χ1n) is 7.99. The van der Waals surface area contributed by atoms with Crippen molar-refractivity contribution < 1.29 is 9.53 Å². The third-order valence-electron chi connectivity index (χ3n) is 4.43. The van der Waals surface area contributed by atoms with E-state index < -0.39 is 0 Å². The maximum absolute atomic E-state index is 12.1. The number of aromatic nitrogens is 1. The lowest BCUT2D eigenvalue weighted by Gasteiger charge is -2.20. The monoisotopic (exact) mass is 298 g/mol. The van der Waals surface area contributed by atoms with Crippen molar-refractivity contribution in [1.29, 1.82) is 0 Å². The molecule has 0 amide bonds. The van der Waals surface area contributed by atoms with Crippen LogP contribution in [-0.2, 0) is 6.42 Å². The Bertz CT molecular complexity index is 719. The van der Waals surface area contributed by atoms with Crippen LogP contribution in [-0.4, -0.2) is 16.9 Å². The topological polar surface area (TPSA) is 65.2 Å². The molecule has 116 valence electrons. The van der Waals surface area contributed by atoms with E-state index in [9.17, 15) is 4.79 Å². The zero-order valence-electron chi connectivity index (χ0n) is 13.2. The normalized spacial score (nSPS) is 15.4. The molecule has 2 aromatic rings. The average Bonchev–Trinajstić information content (AvgIpc) is 3.02. The number of aryl methyl sites for hydroxylation is 1. The quantitative estimate of drug-likeness (QED) is 0.686. The Kier molecular flexibility index (Phi) is 4.01. The molecule has 1 aromatic carbocycles. The number of nitrogens with zero attached hydrogens (tertiary/aromatic N) is 1. The molecule has 0 radical (unpaired) electrons. The number of carbonyl (C=O) groups is 1. The van der Waals surface area contributed by atoms with Gasteiger partial charge < -0.3 is 10.5 Å². The number of ether oxygens (including phenoxy) is 1. The molecule has 4 heteroatoms. The highest BCUT2D eigenvalue weighted by Crippen LogP contribution is 2.38. The Hall–Kier alpha value is -2.10. The molecule has 3 rings (SSSR count). The molecule has 1 aromatic heterocycles. The number of benzene rings is 1. The number of hydrogen-bond donors (Lipinski definition) is 1. The zero-order valence-corrected chi connectivity index (χ0v) is 13.2. The highest BCUT2D eigenvalue weighted by Gasteiger charge is 2.23. The van der Waals surface area contributed by atoms with Crippen molar-refractivity contribution in [2.45, 2.75) is 52.1 Å². The first-order valence-corrected chi connectivity index (χ1v) is 7.99. The van der Waals surface area contributed by atoms with Gasteiger partial charge in [0, 0.05) is 11.6 Å². The van der Waals surface area contributed by atoms with Gasteiger partial charge in [0.25, 0.3) is 0 Å². The average molecular weight is 298 g/mol. The number of Topliss-reactive ketones (excluding diaryl/α,β-unsaturated/α-hetero) is 1. The molecule has 0 aliphatic heterocycles.